The molecule has 1 saturated heterocycles. The second-order valence-corrected chi connectivity index (χ2v) is 7.63. The van der Waals surface area contributed by atoms with Gasteiger partial charge in [0.1, 0.15) is 5.75 Å². The molecule has 0 radical (unpaired) electrons. The number of ether oxygens (including phenoxy) is 1. The van der Waals surface area contributed by atoms with E-state index in [0.717, 1.165) is 17.6 Å². The molecule has 0 bridgehead atoms. The number of halogens is 1. The highest BCUT2D eigenvalue weighted by Crippen LogP contribution is 2.25. The third-order valence-corrected chi connectivity index (χ3v) is 5.25. The smallest absolute Gasteiger partial charge is 0.258 e. The van der Waals surface area contributed by atoms with Gasteiger partial charge >= 0.3 is 0 Å². The first kappa shape index (κ1) is 18.9. The van der Waals surface area contributed by atoms with E-state index in [0.29, 0.717) is 12.3 Å². The van der Waals surface area contributed by atoms with Crippen LogP contribution in [0.15, 0.2) is 53.0 Å². The maximum atomic E-state index is 12.2. The van der Waals surface area contributed by atoms with Crippen LogP contribution in [0.1, 0.15) is 30.0 Å². The Kier molecular flexibility index (Phi) is 6.69. The number of amides is 1. The molecular formula is C21H25BrN2O2. The molecule has 1 heterocycles. The van der Waals surface area contributed by atoms with E-state index in [1.807, 2.05) is 24.3 Å². The summed E-state index contributed by atoms with van der Waals surface area (Å²) in [7, 11) is 0. The normalized spacial score (nSPS) is 15.6. The number of hydrogen-bond acceptors (Lipinski definition) is 3. The van der Waals surface area contributed by atoms with Gasteiger partial charge in [-0.1, -0.05) is 45.8 Å². The summed E-state index contributed by atoms with van der Waals surface area (Å²) in [5.41, 5.74) is 2.51. The minimum absolute atomic E-state index is 0.0300. The zero-order chi connectivity index (χ0) is 18.4. The summed E-state index contributed by atoms with van der Waals surface area (Å²) in [6, 6.07) is 16.3. The standard InChI is InChI=1S/C21H25BrN2O2/c1-16-4-6-17(7-5-16)20(24-12-2-3-13-24)14-23-21(25)15-26-19-10-8-18(22)9-11-19/h4-11,20H,2-3,12-15H2,1H3,(H,23,25)/t20-/m1/s1. The van der Waals surface area contributed by atoms with Gasteiger partial charge in [0.25, 0.3) is 5.91 Å². The van der Waals surface area contributed by atoms with Crippen molar-refractivity contribution in [3.05, 3.63) is 64.1 Å². The summed E-state index contributed by atoms with van der Waals surface area (Å²) in [6.45, 7) is 4.90. The molecule has 1 aliphatic rings. The molecule has 1 atom stereocenters. The molecule has 4 nitrogen and oxygen atoms in total. The predicted molar refractivity (Wildman–Crippen MR) is 107 cm³/mol. The summed E-state index contributed by atoms with van der Waals surface area (Å²) in [5, 5.41) is 3.04. The van der Waals surface area contributed by atoms with Gasteiger partial charge < -0.3 is 10.1 Å². The van der Waals surface area contributed by atoms with Crippen molar-refractivity contribution in [2.24, 2.45) is 0 Å². The number of carbonyl (C=O) groups is 1. The Labute approximate surface area is 163 Å². The lowest BCUT2D eigenvalue weighted by Crippen LogP contribution is -2.38. The molecule has 2 aromatic rings. The van der Waals surface area contributed by atoms with E-state index in [4.69, 9.17) is 4.74 Å². The van der Waals surface area contributed by atoms with Crippen LogP contribution in [-0.2, 0) is 4.79 Å². The lowest BCUT2D eigenvalue weighted by Gasteiger charge is -2.28. The van der Waals surface area contributed by atoms with Crippen LogP contribution in [0.4, 0.5) is 0 Å². The second kappa shape index (κ2) is 9.19. The number of carbonyl (C=O) groups excluding carboxylic acids is 1. The summed E-state index contributed by atoms with van der Waals surface area (Å²) in [6.07, 6.45) is 2.45. The third kappa shape index (κ3) is 5.32. The van der Waals surface area contributed by atoms with Gasteiger partial charge in [-0.2, -0.15) is 0 Å². The van der Waals surface area contributed by atoms with Crippen molar-refractivity contribution in [2.75, 3.05) is 26.2 Å². The van der Waals surface area contributed by atoms with Crippen molar-refractivity contribution in [2.45, 2.75) is 25.8 Å². The maximum absolute atomic E-state index is 12.2. The Morgan fingerprint density at radius 1 is 1.12 bits per heavy atom. The number of aryl methyl sites for hydroxylation is 1. The van der Waals surface area contributed by atoms with Crippen molar-refractivity contribution >= 4 is 21.8 Å². The number of nitrogens with one attached hydrogen (secondary N) is 1. The minimum atomic E-state index is -0.0933. The molecule has 0 saturated carbocycles. The fourth-order valence-corrected chi connectivity index (χ4v) is 3.51. The average Bonchev–Trinajstić information content (AvgIpc) is 3.17. The zero-order valence-corrected chi connectivity index (χ0v) is 16.7. The van der Waals surface area contributed by atoms with Gasteiger partial charge in [0, 0.05) is 11.0 Å². The highest BCUT2D eigenvalue weighted by Gasteiger charge is 2.23. The SMILES string of the molecule is Cc1ccc([C@@H](CNC(=O)COc2ccc(Br)cc2)N2CCCC2)cc1. The van der Waals surface area contributed by atoms with Crippen LogP contribution in [0.3, 0.4) is 0 Å². The quantitative estimate of drug-likeness (QED) is 0.738. The van der Waals surface area contributed by atoms with Crippen LogP contribution in [0.2, 0.25) is 0 Å². The first-order valence-corrected chi connectivity index (χ1v) is 9.87. The van der Waals surface area contributed by atoms with E-state index in [2.05, 4.69) is 57.3 Å². The van der Waals surface area contributed by atoms with Gasteiger partial charge in [0.05, 0.1) is 6.04 Å². The van der Waals surface area contributed by atoms with Crippen LogP contribution >= 0.6 is 15.9 Å². The molecule has 1 aliphatic heterocycles. The molecule has 1 N–H and O–H groups in total. The number of likely N-dealkylation sites (tertiary alicyclic amines) is 1. The van der Waals surface area contributed by atoms with E-state index in [-0.39, 0.29) is 18.6 Å². The first-order chi connectivity index (χ1) is 12.6. The van der Waals surface area contributed by atoms with E-state index >= 15 is 0 Å². The molecule has 0 spiro atoms. The minimum Gasteiger partial charge on any atom is -0.484 e. The zero-order valence-electron chi connectivity index (χ0n) is 15.1. The van der Waals surface area contributed by atoms with Gasteiger partial charge in [-0.05, 0) is 62.7 Å². The monoisotopic (exact) mass is 416 g/mol. The molecule has 0 aromatic heterocycles. The van der Waals surface area contributed by atoms with E-state index < -0.39 is 0 Å². The van der Waals surface area contributed by atoms with Gasteiger partial charge in [0.2, 0.25) is 0 Å². The van der Waals surface area contributed by atoms with Crippen molar-refractivity contribution in [3.63, 3.8) is 0 Å². The number of rotatable bonds is 7. The Morgan fingerprint density at radius 2 is 1.77 bits per heavy atom. The molecular weight excluding hydrogens is 392 g/mol. The lowest BCUT2D eigenvalue weighted by molar-refractivity contribution is -0.123. The third-order valence-electron chi connectivity index (χ3n) is 4.72. The van der Waals surface area contributed by atoms with Crippen molar-refractivity contribution < 1.29 is 9.53 Å². The summed E-state index contributed by atoms with van der Waals surface area (Å²) < 4.78 is 6.54. The van der Waals surface area contributed by atoms with E-state index in [9.17, 15) is 4.79 Å². The number of nitrogens with zero attached hydrogens (tertiary/aromatic N) is 1. The highest BCUT2D eigenvalue weighted by molar-refractivity contribution is 9.10. The van der Waals surface area contributed by atoms with Crippen molar-refractivity contribution in [3.8, 4) is 5.75 Å². The van der Waals surface area contributed by atoms with E-state index in [1.54, 1.807) is 0 Å². The van der Waals surface area contributed by atoms with Gasteiger partial charge in [-0.15, -0.1) is 0 Å². The maximum Gasteiger partial charge on any atom is 0.258 e. The van der Waals surface area contributed by atoms with Crippen molar-refractivity contribution in [1.29, 1.82) is 0 Å². The Balaban J connectivity index is 1.55. The van der Waals surface area contributed by atoms with Crippen LogP contribution in [-0.4, -0.2) is 37.0 Å². The van der Waals surface area contributed by atoms with Crippen LogP contribution < -0.4 is 10.1 Å². The van der Waals surface area contributed by atoms with Crippen LogP contribution in [0.5, 0.6) is 5.75 Å². The molecule has 138 valence electrons. The summed E-state index contributed by atoms with van der Waals surface area (Å²) in [5.74, 6) is 0.599. The highest BCUT2D eigenvalue weighted by atomic mass is 79.9. The van der Waals surface area contributed by atoms with Gasteiger partial charge in [-0.3, -0.25) is 9.69 Å². The molecule has 0 aliphatic carbocycles. The van der Waals surface area contributed by atoms with Crippen LogP contribution in [0.25, 0.3) is 0 Å². The molecule has 1 fully saturated rings. The average molecular weight is 417 g/mol. The number of hydrogen-bond donors (Lipinski definition) is 1. The first-order valence-electron chi connectivity index (χ1n) is 9.07. The van der Waals surface area contributed by atoms with Crippen LogP contribution in [0, 0.1) is 6.92 Å². The largest absolute Gasteiger partial charge is 0.484 e. The molecule has 5 heteroatoms. The van der Waals surface area contributed by atoms with Gasteiger partial charge in [0.15, 0.2) is 6.61 Å². The molecule has 0 unspecified atom stereocenters. The Bertz CT molecular complexity index is 710. The molecule has 26 heavy (non-hydrogen) atoms. The Morgan fingerprint density at radius 3 is 2.42 bits per heavy atom. The van der Waals surface area contributed by atoms with E-state index in [1.165, 1.54) is 24.0 Å². The number of benzene rings is 2. The summed E-state index contributed by atoms with van der Waals surface area (Å²) in [4.78, 5) is 14.7. The molecule has 3 rings (SSSR count). The molecule has 2 aromatic carbocycles. The summed E-state index contributed by atoms with van der Waals surface area (Å²) >= 11 is 3.39. The fraction of sp³-hybridized carbons (Fsp3) is 0.381. The predicted octanol–water partition coefficient (Wildman–Crippen LogP) is 4.09. The lowest BCUT2D eigenvalue weighted by atomic mass is 10.0. The molecule has 1 amide bonds. The fourth-order valence-electron chi connectivity index (χ4n) is 3.24. The second-order valence-electron chi connectivity index (χ2n) is 6.72. The van der Waals surface area contributed by atoms with Gasteiger partial charge in [-0.25, -0.2) is 0 Å². The Hall–Kier alpha value is -1.85. The van der Waals surface area contributed by atoms with Crippen molar-refractivity contribution in [1.82, 2.24) is 10.2 Å². The topological polar surface area (TPSA) is 41.6 Å².